The van der Waals surface area contributed by atoms with Crippen LogP contribution in [0.5, 0.6) is 0 Å². The van der Waals surface area contributed by atoms with Crippen molar-refractivity contribution in [2.45, 2.75) is 36.5 Å². The summed E-state index contributed by atoms with van der Waals surface area (Å²) in [6.07, 6.45) is 1.50. The first-order chi connectivity index (χ1) is 14.4. The second-order valence-corrected chi connectivity index (χ2v) is 9.70. The van der Waals surface area contributed by atoms with E-state index in [0.717, 1.165) is 11.3 Å². The number of thiazole rings is 1. The van der Waals surface area contributed by atoms with E-state index in [9.17, 15) is 17.2 Å². The van der Waals surface area contributed by atoms with E-state index < -0.39 is 15.9 Å². The number of nitrogens with one attached hydrogen (secondary N) is 2. The Balaban J connectivity index is 1.75. The van der Waals surface area contributed by atoms with Gasteiger partial charge < -0.3 is 5.32 Å². The molecule has 0 spiro atoms. The minimum atomic E-state index is -3.85. The van der Waals surface area contributed by atoms with Gasteiger partial charge >= 0.3 is 0 Å². The van der Waals surface area contributed by atoms with Gasteiger partial charge in [-0.15, -0.1) is 11.3 Å². The number of nitrogens with zero attached hydrogens (tertiary/aromatic N) is 1. The van der Waals surface area contributed by atoms with Crippen molar-refractivity contribution < 1.29 is 17.2 Å². The molecule has 0 saturated heterocycles. The van der Waals surface area contributed by atoms with Crippen LogP contribution in [0.3, 0.4) is 0 Å². The fraction of sp³-hybridized carbons (Fsp3) is 0.286. The van der Waals surface area contributed by atoms with Gasteiger partial charge in [-0.2, -0.15) is 0 Å². The molecule has 0 aliphatic carbocycles. The van der Waals surface area contributed by atoms with Crippen molar-refractivity contribution in [3.63, 3.8) is 0 Å². The fourth-order valence-electron chi connectivity index (χ4n) is 3.43. The number of aromatic nitrogens is 1. The van der Waals surface area contributed by atoms with Crippen LogP contribution < -0.4 is 10.0 Å². The van der Waals surface area contributed by atoms with Gasteiger partial charge in [-0.25, -0.2) is 22.2 Å². The number of hydrogen-bond acceptors (Lipinski definition) is 5. The lowest BCUT2D eigenvalue weighted by Gasteiger charge is -2.19. The van der Waals surface area contributed by atoms with Gasteiger partial charge in [-0.1, -0.05) is 36.8 Å². The third-order valence-electron chi connectivity index (χ3n) is 4.96. The molecule has 0 unspecified atom stereocenters. The Morgan fingerprint density at radius 2 is 1.87 bits per heavy atom. The molecule has 0 saturated carbocycles. The first-order valence-corrected chi connectivity index (χ1v) is 12.0. The molecule has 4 bridgehead atoms. The number of anilines is 2. The Morgan fingerprint density at radius 3 is 2.73 bits per heavy atom. The third-order valence-corrected chi connectivity index (χ3v) is 7.19. The summed E-state index contributed by atoms with van der Waals surface area (Å²) in [5.41, 5.74) is 1.23. The highest BCUT2D eigenvalue weighted by Gasteiger charge is 2.34. The number of hydrogen-bond donors (Lipinski definition) is 2. The van der Waals surface area contributed by atoms with E-state index in [4.69, 9.17) is 0 Å². The van der Waals surface area contributed by atoms with Gasteiger partial charge in [0.1, 0.15) is 0 Å². The van der Waals surface area contributed by atoms with E-state index in [1.807, 2.05) is 0 Å². The van der Waals surface area contributed by atoms with Gasteiger partial charge in [0, 0.05) is 35.2 Å². The lowest BCUT2D eigenvalue weighted by Crippen LogP contribution is -2.15. The maximum Gasteiger partial charge on any atom is 0.273 e. The Bertz CT molecular complexity index is 1150. The summed E-state index contributed by atoms with van der Waals surface area (Å²) in [5.74, 6) is -2.99. The average molecular weight is 450 g/mol. The van der Waals surface area contributed by atoms with Gasteiger partial charge in [0.15, 0.2) is 5.13 Å². The van der Waals surface area contributed by atoms with Crippen LogP contribution in [0.15, 0.2) is 58.8 Å². The van der Waals surface area contributed by atoms with Crippen LogP contribution in [0.1, 0.15) is 31.2 Å². The zero-order valence-corrected chi connectivity index (χ0v) is 17.7. The fourth-order valence-corrected chi connectivity index (χ4v) is 5.44. The summed E-state index contributed by atoms with van der Waals surface area (Å²) in [6, 6.07) is 12.8. The highest BCUT2D eigenvalue weighted by molar-refractivity contribution is 7.93. The zero-order valence-electron chi connectivity index (χ0n) is 16.1. The molecular formula is C21H21F2N3O2S2. The minimum Gasteiger partial charge on any atom is -0.385 e. The van der Waals surface area contributed by atoms with E-state index in [0.29, 0.717) is 42.8 Å². The number of halogens is 2. The lowest BCUT2D eigenvalue weighted by molar-refractivity contribution is -0.0151. The highest BCUT2D eigenvalue weighted by atomic mass is 32.2. The maximum atomic E-state index is 15.0. The van der Waals surface area contributed by atoms with E-state index in [1.54, 1.807) is 41.8 Å². The number of rotatable bonds is 0. The molecule has 9 heteroatoms. The molecule has 0 amide bonds. The van der Waals surface area contributed by atoms with Crippen LogP contribution in [0.2, 0.25) is 0 Å². The molecule has 30 heavy (non-hydrogen) atoms. The predicted octanol–water partition coefficient (Wildman–Crippen LogP) is 5.69. The standard InChI is InChI=1S/C21H21F2N3O2S2/c22-21(23)11-4-1-5-12-24-15-7-6-8-16(13-15)30(27,28)26-20-25-19(14-29-20)17-9-2-3-10-18(17)21/h2-3,6-10,13-14,24H,1,4-5,11-12H2,(H,25,26). The predicted molar refractivity (Wildman–Crippen MR) is 116 cm³/mol. The van der Waals surface area contributed by atoms with Crippen molar-refractivity contribution in [3.8, 4) is 11.3 Å². The molecule has 0 atom stereocenters. The van der Waals surface area contributed by atoms with Crippen molar-refractivity contribution >= 4 is 32.2 Å². The second kappa shape index (κ2) is 8.31. The smallest absolute Gasteiger partial charge is 0.273 e. The van der Waals surface area contributed by atoms with Crippen LogP contribution in [-0.4, -0.2) is 19.9 Å². The Labute approximate surface area is 178 Å². The molecule has 4 rings (SSSR count). The van der Waals surface area contributed by atoms with Crippen molar-refractivity contribution in [3.05, 3.63) is 59.5 Å². The molecule has 1 aromatic heterocycles. The van der Waals surface area contributed by atoms with Crippen LogP contribution in [-0.2, 0) is 15.9 Å². The molecule has 0 fully saturated rings. The van der Waals surface area contributed by atoms with Crippen LogP contribution in [0.4, 0.5) is 19.6 Å². The Hall–Kier alpha value is -2.52. The number of benzene rings is 2. The molecule has 5 nitrogen and oxygen atoms in total. The monoisotopic (exact) mass is 449 g/mol. The molecule has 0 radical (unpaired) electrons. The maximum absolute atomic E-state index is 15.0. The highest BCUT2D eigenvalue weighted by Crippen LogP contribution is 2.40. The zero-order chi connectivity index (χ0) is 21.2. The average Bonchev–Trinajstić information content (AvgIpc) is 3.18. The van der Waals surface area contributed by atoms with Gasteiger partial charge in [-0.3, -0.25) is 4.72 Å². The summed E-state index contributed by atoms with van der Waals surface area (Å²) < 4.78 is 57.9. The summed E-state index contributed by atoms with van der Waals surface area (Å²) in [5, 5.41) is 4.88. The molecule has 3 aromatic rings. The van der Waals surface area contributed by atoms with Crippen molar-refractivity contribution in [1.29, 1.82) is 0 Å². The Kier molecular flexibility index (Phi) is 5.75. The SMILES string of the molecule is O=S1(=O)Nc2nc(cs2)-c2ccccc2C(F)(F)CCCCCNc2cccc1c2. The first kappa shape index (κ1) is 20.7. The first-order valence-electron chi connectivity index (χ1n) is 9.65. The lowest BCUT2D eigenvalue weighted by atomic mass is 9.96. The summed E-state index contributed by atoms with van der Waals surface area (Å²) in [6.45, 7) is 0.578. The number of sulfonamides is 1. The molecule has 2 heterocycles. The summed E-state index contributed by atoms with van der Waals surface area (Å²) in [4.78, 5) is 4.39. The minimum absolute atomic E-state index is 0.0844. The molecule has 2 aromatic carbocycles. The van der Waals surface area contributed by atoms with Crippen molar-refractivity contribution in [1.82, 2.24) is 4.98 Å². The summed E-state index contributed by atoms with van der Waals surface area (Å²) >= 11 is 1.06. The Morgan fingerprint density at radius 1 is 1.03 bits per heavy atom. The van der Waals surface area contributed by atoms with E-state index >= 15 is 0 Å². The molecule has 158 valence electrons. The van der Waals surface area contributed by atoms with E-state index in [-0.39, 0.29) is 22.0 Å². The van der Waals surface area contributed by atoms with Crippen LogP contribution in [0.25, 0.3) is 11.3 Å². The molecule has 2 N–H and O–H groups in total. The van der Waals surface area contributed by atoms with E-state index in [2.05, 4.69) is 15.0 Å². The second-order valence-electron chi connectivity index (χ2n) is 7.16. The topological polar surface area (TPSA) is 71.1 Å². The van der Waals surface area contributed by atoms with Crippen LogP contribution >= 0.6 is 11.3 Å². The summed E-state index contributed by atoms with van der Waals surface area (Å²) in [7, 11) is -3.85. The molecule has 1 aliphatic rings. The van der Waals surface area contributed by atoms with Gasteiger partial charge in [0.25, 0.3) is 15.9 Å². The van der Waals surface area contributed by atoms with Crippen molar-refractivity contribution in [2.24, 2.45) is 0 Å². The number of fused-ring (bicyclic) bond motifs is 6. The molecule has 1 aliphatic heterocycles. The van der Waals surface area contributed by atoms with Crippen LogP contribution in [0, 0.1) is 0 Å². The quantitative estimate of drug-likeness (QED) is 0.463. The van der Waals surface area contributed by atoms with Gasteiger partial charge in [-0.05, 0) is 31.0 Å². The normalized spacial score (nSPS) is 18.3. The van der Waals surface area contributed by atoms with Crippen molar-refractivity contribution in [2.75, 3.05) is 16.6 Å². The number of alkyl halides is 2. The van der Waals surface area contributed by atoms with Gasteiger partial charge in [0.2, 0.25) is 0 Å². The van der Waals surface area contributed by atoms with Gasteiger partial charge in [0.05, 0.1) is 10.6 Å². The largest absolute Gasteiger partial charge is 0.385 e. The third kappa shape index (κ3) is 4.46. The van der Waals surface area contributed by atoms with E-state index in [1.165, 1.54) is 12.1 Å². The molecular weight excluding hydrogens is 428 g/mol.